The van der Waals surface area contributed by atoms with Gasteiger partial charge in [-0.15, -0.1) is 0 Å². The Kier molecular flexibility index (Phi) is 6.89. The Bertz CT molecular complexity index is 853. The quantitative estimate of drug-likeness (QED) is 0.562. The lowest BCUT2D eigenvalue weighted by molar-refractivity contribution is -0.384. The van der Waals surface area contributed by atoms with E-state index in [0.717, 1.165) is 24.6 Å². The third-order valence-corrected chi connectivity index (χ3v) is 6.60. The number of piperidine rings is 1. The highest BCUT2D eigenvalue weighted by Gasteiger charge is 2.35. The van der Waals surface area contributed by atoms with Gasteiger partial charge in [0.25, 0.3) is 5.69 Å². The molecule has 1 amide bonds. The van der Waals surface area contributed by atoms with Crippen LogP contribution in [0.4, 0.5) is 10.5 Å². The highest BCUT2D eigenvalue weighted by molar-refractivity contribution is 7.89. The molecule has 1 atom stereocenters. The fourth-order valence-electron chi connectivity index (χ4n) is 2.95. The van der Waals surface area contributed by atoms with Crippen molar-refractivity contribution in [2.45, 2.75) is 56.6 Å². The molecular weight excluding hydrogens is 410 g/mol. The summed E-state index contributed by atoms with van der Waals surface area (Å²) in [6, 6.07) is 2.81. The smallest absolute Gasteiger partial charge is 0.407 e. The number of nitrogens with zero attached hydrogens (tertiary/aromatic N) is 2. The fourth-order valence-corrected chi connectivity index (χ4v) is 5.16. The molecule has 0 aliphatic carbocycles. The maximum Gasteiger partial charge on any atom is 0.407 e. The van der Waals surface area contributed by atoms with E-state index in [9.17, 15) is 23.3 Å². The number of alkyl carbamates (subject to hydrolysis) is 1. The van der Waals surface area contributed by atoms with E-state index < -0.39 is 32.7 Å². The summed E-state index contributed by atoms with van der Waals surface area (Å²) in [6.07, 6.45) is 1.44. The molecule has 2 rings (SSSR count). The summed E-state index contributed by atoms with van der Waals surface area (Å²) in [5.41, 5.74) is -0.944. The average molecular weight is 434 g/mol. The van der Waals surface area contributed by atoms with Gasteiger partial charge in [0.05, 0.1) is 9.95 Å². The topological polar surface area (TPSA) is 119 Å². The van der Waals surface area contributed by atoms with Crippen LogP contribution in [-0.2, 0) is 14.8 Å². The molecule has 0 spiro atoms. The van der Waals surface area contributed by atoms with Gasteiger partial charge >= 0.3 is 6.09 Å². The number of halogens is 1. The Morgan fingerprint density at radius 3 is 2.64 bits per heavy atom. The van der Waals surface area contributed by atoms with Gasteiger partial charge in [0.1, 0.15) is 10.5 Å². The monoisotopic (exact) mass is 433 g/mol. The van der Waals surface area contributed by atoms with Gasteiger partial charge < -0.3 is 10.1 Å². The maximum absolute atomic E-state index is 13.1. The van der Waals surface area contributed by atoms with Crippen LogP contribution in [0.15, 0.2) is 23.1 Å². The molecule has 0 aromatic heterocycles. The normalized spacial score (nSPS) is 18.5. The summed E-state index contributed by atoms with van der Waals surface area (Å²) in [6.45, 7) is 5.58. The molecule has 1 saturated heterocycles. The Morgan fingerprint density at radius 2 is 2.07 bits per heavy atom. The first-order chi connectivity index (χ1) is 12.9. The van der Waals surface area contributed by atoms with Gasteiger partial charge in [-0.25, -0.2) is 13.2 Å². The van der Waals surface area contributed by atoms with E-state index in [1.54, 1.807) is 20.8 Å². The zero-order valence-electron chi connectivity index (χ0n) is 16.0. The molecular formula is C17H24ClN3O6S. The standard InChI is InChI=1S/C17H24ClN3O6S/c1-17(2,3)27-16(22)19-11-13-6-4-5-9-20(13)28(25,26)15-8-7-12(21(23)24)10-14(15)18/h7-8,10,13H,4-6,9,11H2,1-3H3,(H,19,22)/t13-/m1/s1. The number of benzene rings is 1. The molecule has 11 heteroatoms. The average Bonchev–Trinajstić information content (AvgIpc) is 2.58. The van der Waals surface area contributed by atoms with Crippen LogP contribution in [0.5, 0.6) is 0 Å². The number of nitrogens with one attached hydrogen (secondary N) is 1. The van der Waals surface area contributed by atoms with Crippen molar-refractivity contribution in [3.8, 4) is 0 Å². The number of sulfonamides is 1. The number of carbonyl (C=O) groups excluding carboxylic acids is 1. The molecule has 0 saturated carbocycles. The second-order valence-corrected chi connectivity index (χ2v) is 9.79. The molecule has 0 radical (unpaired) electrons. The summed E-state index contributed by atoms with van der Waals surface area (Å²) in [4.78, 5) is 21.9. The Labute approximate surface area is 169 Å². The van der Waals surface area contributed by atoms with Crippen molar-refractivity contribution in [2.24, 2.45) is 0 Å². The van der Waals surface area contributed by atoms with Crippen LogP contribution < -0.4 is 5.32 Å². The van der Waals surface area contributed by atoms with Crippen LogP contribution in [0, 0.1) is 10.1 Å². The van der Waals surface area contributed by atoms with Crippen LogP contribution in [0.3, 0.4) is 0 Å². The summed E-state index contributed by atoms with van der Waals surface area (Å²) in [5, 5.41) is 13.3. The number of ether oxygens (including phenoxy) is 1. The molecule has 0 unspecified atom stereocenters. The van der Waals surface area contributed by atoms with Gasteiger partial charge in [-0.3, -0.25) is 10.1 Å². The molecule has 1 aromatic rings. The van der Waals surface area contributed by atoms with E-state index >= 15 is 0 Å². The van der Waals surface area contributed by atoms with Gasteiger partial charge in [-0.05, 0) is 39.7 Å². The highest BCUT2D eigenvalue weighted by atomic mass is 35.5. The molecule has 1 N–H and O–H groups in total. The van der Waals surface area contributed by atoms with Crippen molar-refractivity contribution < 1.29 is 22.9 Å². The van der Waals surface area contributed by atoms with Crippen molar-refractivity contribution in [3.63, 3.8) is 0 Å². The van der Waals surface area contributed by atoms with Crippen molar-refractivity contribution >= 4 is 33.4 Å². The molecule has 9 nitrogen and oxygen atoms in total. The van der Waals surface area contributed by atoms with Crippen molar-refractivity contribution in [1.29, 1.82) is 0 Å². The second kappa shape index (κ2) is 8.62. The molecule has 1 fully saturated rings. The Morgan fingerprint density at radius 1 is 1.39 bits per heavy atom. The first-order valence-corrected chi connectivity index (χ1v) is 10.7. The van der Waals surface area contributed by atoms with Gasteiger partial charge in [-0.2, -0.15) is 4.31 Å². The number of hydrogen-bond donors (Lipinski definition) is 1. The second-order valence-electron chi connectivity index (χ2n) is 7.52. The first-order valence-electron chi connectivity index (χ1n) is 8.84. The lowest BCUT2D eigenvalue weighted by Gasteiger charge is -2.35. The molecule has 156 valence electrons. The minimum atomic E-state index is -3.98. The third-order valence-electron chi connectivity index (χ3n) is 4.17. The van der Waals surface area contributed by atoms with Gasteiger partial charge in [0, 0.05) is 31.3 Å². The Balaban J connectivity index is 2.20. The third kappa shape index (κ3) is 5.55. The zero-order valence-corrected chi connectivity index (χ0v) is 17.5. The lowest BCUT2D eigenvalue weighted by Crippen LogP contribution is -2.49. The number of rotatable bonds is 5. The van der Waals surface area contributed by atoms with E-state index in [1.807, 2.05) is 0 Å². The number of carbonyl (C=O) groups is 1. The Hall–Kier alpha value is -1.91. The van der Waals surface area contributed by atoms with Crippen molar-refractivity contribution in [3.05, 3.63) is 33.3 Å². The minimum absolute atomic E-state index is 0.0960. The minimum Gasteiger partial charge on any atom is -0.444 e. The van der Waals surface area contributed by atoms with Crippen LogP contribution in [0.25, 0.3) is 0 Å². The van der Waals surface area contributed by atoms with E-state index in [1.165, 1.54) is 4.31 Å². The van der Waals surface area contributed by atoms with Crippen LogP contribution >= 0.6 is 11.6 Å². The summed E-state index contributed by atoms with van der Waals surface area (Å²) < 4.78 is 32.7. The number of nitro groups is 1. The summed E-state index contributed by atoms with van der Waals surface area (Å²) in [7, 11) is -3.98. The fraction of sp³-hybridized carbons (Fsp3) is 0.588. The maximum atomic E-state index is 13.1. The number of nitro benzene ring substituents is 1. The molecule has 28 heavy (non-hydrogen) atoms. The molecule has 1 aliphatic heterocycles. The van der Waals surface area contributed by atoms with E-state index in [2.05, 4.69) is 5.32 Å². The molecule has 1 aromatic carbocycles. The van der Waals surface area contributed by atoms with E-state index in [4.69, 9.17) is 16.3 Å². The molecule has 0 bridgehead atoms. The van der Waals surface area contributed by atoms with E-state index in [0.29, 0.717) is 12.8 Å². The number of hydrogen-bond acceptors (Lipinski definition) is 6. The van der Waals surface area contributed by atoms with Gasteiger partial charge in [0.2, 0.25) is 10.0 Å². The van der Waals surface area contributed by atoms with Crippen LogP contribution in [0.2, 0.25) is 5.02 Å². The van der Waals surface area contributed by atoms with Gasteiger partial charge in [0.15, 0.2) is 0 Å². The van der Waals surface area contributed by atoms with E-state index in [-0.39, 0.29) is 28.7 Å². The first kappa shape index (κ1) is 22.4. The number of amides is 1. The zero-order chi connectivity index (χ0) is 21.1. The van der Waals surface area contributed by atoms with Crippen LogP contribution in [0.1, 0.15) is 40.0 Å². The number of non-ortho nitro benzene ring substituents is 1. The summed E-state index contributed by atoms with van der Waals surface area (Å²) in [5.74, 6) is 0. The SMILES string of the molecule is CC(C)(C)OC(=O)NC[C@H]1CCCCN1S(=O)(=O)c1ccc([N+](=O)[O-])cc1Cl. The largest absolute Gasteiger partial charge is 0.444 e. The van der Waals surface area contributed by atoms with Gasteiger partial charge in [-0.1, -0.05) is 18.0 Å². The lowest BCUT2D eigenvalue weighted by atomic mass is 10.1. The molecule has 1 aliphatic rings. The van der Waals surface area contributed by atoms with Crippen molar-refractivity contribution in [1.82, 2.24) is 9.62 Å². The highest BCUT2D eigenvalue weighted by Crippen LogP contribution is 2.31. The predicted octanol–water partition coefficient (Wildman–Crippen LogP) is 3.32. The van der Waals surface area contributed by atoms with Crippen LogP contribution in [-0.4, -0.2) is 48.5 Å². The molecule has 1 heterocycles. The van der Waals surface area contributed by atoms with Crippen molar-refractivity contribution in [2.75, 3.05) is 13.1 Å². The summed E-state index contributed by atoms with van der Waals surface area (Å²) >= 11 is 6.03. The predicted molar refractivity (Wildman–Crippen MR) is 104 cm³/mol.